The molecule has 0 aliphatic heterocycles. The Morgan fingerprint density at radius 1 is 1.11 bits per heavy atom. The van der Waals surface area contributed by atoms with Crippen molar-refractivity contribution in [3.8, 4) is 0 Å². The maximum absolute atomic E-state index is 13.1. The van der Waals surface area contributed by atoms with Crippen molar-refractivity contribution in [1.82, 2.24) is 10.3 Å². The van der Waals surface area contributed by atoms with E-state index >= 15 is 0 Å². The van der Waals surface area contributed by atoms with Crippen molar-refractivity contribution in [3.63, 3.8) is 0 Å². The van der Waals surface area contributed by atoms with Gasteiger partial charge < -0.3 is 10.6 Å². The van der Waals surface area contributed by atoms with Crippen LogP contribution in [0.5, 0.6) is 0 Å². The van der Waals surface area contributed by atoms with Crippen LogP contribution in [-0.4, -0.2) is 23.3 Å². The topological polar surface area (TPSA) is 71.1 Å². The smallest absolute Gasteiger partial charge is 0.351 e. The van der Waals surface area contributed by atoms with Crippen LogP contribution in [0.4, 0.5) is 18.9 Å². The number of pyridine rings is 1. The summed E-state index contributed by atoms with van der Waals surface area (Å²) in [6.45, 7) is 2.44. The zero-order valence-electron chi connectivity index (χ0n) is 14.4. The lowest BCUT2D eigenvalue weighted by molar-refractivity contribution is -0.136. The van der Waals surface area contributed by atoms with Gasteiger partial charge in [-0.3, -0.25) is 9.59 Å². The number of nitrogens with zero attached hydrogens (tertiary/aromatic N) is 1. The van der Waals surface area contributed by atoms with Gasteiger partial charge in [-0.2, -0.15) is 13.2 Å². The number of benzene rings is 1. The van der Waals surface area contributed by atoms with Gasteiger partial charge in [0, 0.05) is 11.6 Å². The highest BCUT2D eigenvalue weighted by molar-refractivity contribution is 6.30. The van der Waals surface area contributed by atoms with Gasteiger partial charge in [-0.05, 0) is 36.8 Å². The first kappa shape index (κ1) is 20.7. The van der Waals surface area contributed by atoms with Crippen molar-refractivity contribution in [1.29, 1.82) is 0 Å². The lowest BCUT2D eigenvalue weighted by Gasteiger charge is -2.14. The predicted molar refractivity (Wildman–Crippen MR) is 95.9 cm³/mol. The number of hydrogen-bond donors (Lipinski definition) is 2. The lowest BCUT2D eigenvalue weighted by Crippen LogP contribution is -2.26. The second-order valence-electron chi connectivity index (χ2n) is 5.66. The van der Waals surface area contributed by atoms with Crippen LogP contribution < -0.4 is 10.6 Å². The van der Waals surface area contributed by atoms with E-state index in [1.165, 1.54) is 24.3 Å². The van der Waals surface area contributed by atoms with Gasteiger partial charge in [0.2, 0.25) is 0 Å². The zero-order valence-corrected chi connectivity index (χ0v) is 15.1. The molecular weight excluding hydrogens is 383 g/mol. The molecule has 1 heterocycles. The third-order valence-electron chi connectivity index (χ3n) is 3.57. The highest BCUT2D eigenvalue weighted by Crippen LogP contribution is 2.36. The van der Waals surface area contributed by atoms with Crippen molar-refractivity contribution in [2.75, 3.05) is 11.9 Å². The lowest BCUT2D eigenvalue weighted by atomic mass is 10.1. The summed E-state index contributed by atoms with van der Waals surface area (Å²) >= 11 is 5.61. The van der Waals surface area contributed by atoms with E-state index in [1.807, 2.05) is 6.92 Å². The van der Waals surface area contributed by atoms with Gasteiger partial charge in [0.15, 0.2) is 0 Å². The van der Waals surface area contributed by atoms with Crippen LogP contribution in [0.2, 0.25) is 5.02 Å². The first-order chi connectivity index (χ1) is 12.7. The molecule has 0 bridgehead atoms. The molecule has 0 atom stereocenters. The number of carbonyl (C=O) groups excluding carboxylic acids is 2. The number of hydrogen-bond acceptors (Lipinski definition) is 3. The molecule has 144 valence electrons. The average Bonchev–Trinajstić information content (AvgIpc) is 2.62. The predicted octanol–water partition coefficient (Wildman–Crippen LogP) is 4.54. The Labute approximate surface area is 158 Å². The molecule has 5 nitrogen and oxygen atoms in total. The molecule has 0 unspecified atom stereocenters. The third-order valence-corrected chi connectivity index (χ3v) is 3.80. The van der Waals surface area contributed by atoms with Crippen LogP contribution in [0.1, 0.15) is 46.3 Å². The molecule has 1 aromatic carbocycles. The van der Waals surface area contributed by atoms with Crippen LogP contribution >= 0.6 is 11.6 Å². The van der Waals surface area contributed by atoms with Gasteiger partial charge in [-0.25, -0.2) is 4.98 Å². The van der Waals surface area contributed by atoms with Crippen molar-refractivity contribution in [3.05, 3.63) is 58.4 Å². The van der Waals surface area contributed by atoms with E-state index in [4.69, 9.17) is 11.6 Å². The number of halogens is 4. The summed E-state index contributed by atoms with van der Waals surface area (Å²) in [5.41, 5.74) is -1.69. The minimum absolute atomic E-state index is 0.00547. The molecule has 0 saturated carbocycles. The van der Waals surface area contributed by atoms with Crippen molar-refractivity contribution < 1.29 is 22.8 Å². The Morgan fingerprint density at radius 3 is 2.41 bits per heavy atom. The second-order valence-corrected chi connectivity index (χ2v) is 6.10. The van der Waals surface area contributed by atoms with E-state index in [1.54, 1.807) is 0 Å². The minimum Gasteiger partial charge on any atom is -0.351 e. The van der Waals surface area contributed by atoms with E-state index in [-0.39, 0.29) is 16.4 Å². The standard InChI is InChI=1S/C18H17ClF3N3O2/c1-2-3-9-23-16(26)14-5-4-6-15(24-14)17(27)25-13-8-7-11(19)10-12(13)18(20,21)22/h4-8,10H,2-3,9H2,1H3,(H,23,26)(H,25,27). The highest BCUT2D eigenvalue weighted by Gasteiger charge is 2.34. The summed E-state index contributed by atoms with van der Waals surface area (Å²) in [7, 11) is 0. The van der Waals surface area contributed by atoms with E-state index in [9.17, 15) is 22.8 Å². The van der Waals surface area contributed by atoms with Crippen molar-refractivity contribution in [2.45, 2.75) is 25.9 Å². The van der Waals surface area contributed by atoms with E-state index < -0.39 is 29.2 Å². The third kappa shape index (κ3) is 5.68. The molecule has 0 aliphatic rings. The summed E-state index contributed by atoms with van der Waals surface area (Å²) in [5.74, 6) is -1.33. The molecule has 0 fully saturated rings. The summed E-state index contributed by atoms with van der Waals surface area (Å²) in [5, 5.41) is 4.71. The average molecular weight is 400 g/mol. The Balaban J connectivity index is 2.20. The molecular formula is C18H17ClF3N3O2. The first-order valence-electron chi connectivity index (χ1n) is 8.15. The largest absolute Gasteiger partial charge is 0.418 e. The van der Waals surface area contributed by atoms with Crippen LogP contribution in [0, 0.1) is 0 Å². The molecule has 2 amide bonds. The van der Waals surface area contributed by atoms with Gasteiger partial charge >= 0.3 is 6.18 Å². The number of rotatable bonds is 6. The van der Waals surface area contributed by atoms with Gasteiger partial charge in [0.1, 0.15) is 11.4 Å². The number of carbonyl (C=O) groups is 2. The summed E-state index contributed by atoms with van der Waals surface area (Å²) < 4.78 is 39.4. The van der Waals surface area contributed by atoms with Crippen LogP contribution in [0.25, 0.3) is 0 Å². The number of aromatic nitrogens is 1. The normalized spacial score (nSPS) is 11.1. The monoisotopic (exact) mass is 399 g/mol. The number of amides is 2. The molecule has 0 spiro atoms. The fraction of sp³-hybridized carbons (Fsp3) is 0.278. The number of anilines is 1. The van der Waals surface area contributed by atoms with Gasteiger partial charge in [-0.1, -0.05) is 31.0 Å². The molecule has 2 rings (SSSR count). The van der Waals surface area contributed by atoms with Crippen LogP contribution in [-0.2, 0) is 6.18 Å². The number of alkyl halides is 3. The van der Waals surface area contributed by atoms with Crippen molar-refractivity contribution >= 4 is 29.1 Å². The molecule has 0 aliphatic carbocycles. The molecule has 2 N–H and O–H groups in total. The quantitative estimate of drug-likeness (QED) is 0.701. The zero-order chi connectivity index (χ0) is 20.0. The fourth-order valence-electron chi connectivity index (χ4n) is 2.20. The van der Waals surface area contributed by atoms with Gasteiger partial charge in [0.25, 0.3) is 11.8 Å². The van der Waals surface area contributed by atoms with E-state index in [2.05, 4.69) is 15.6 Å². The van der Waals surface area contributed by atoms with E-state index in [0.29, 0.717) is 6.54 Å². The summed E-state index contributed by atoms with van der Waals surface area (Å²) in [6.07, 6.45) is -3.00. The second kappa shape index (κ2) is 8.85. The Morgan fingerprint density at radius 2 is 1.78 bits per heavy atom. The Hall–Kier alpha value is -2.61. The van der Waals surface area contributed by atoms with E-state index in [0.717, 1.165) is 25.0 Å². The summed E-state index contributed by atoms with van der Waals surface area (Å²) in [6, 6.07) is 7.18. The first-order valence-corrected chi connectivity index (χ1v) is 8.53. The SMILES string of the molecule is CCCCNC(=O)c1cccc(C(=O)Nc2ccc(Cl)cc2C(F)(F)F)n1. The maximum Gasteiger partial charge on any atom is 0.418 e. The minimum atomic E-state index is -4.69. The summed E-state index contributed by atoms with van der Waals surface area (Å²) in [4.78, 5) is 28.2. The highest BCUT2D eigenvalue weighted by atomic mass is 35.5. The molecule has 0 radical (unpaired) electrons. The van der Waals surface area contributed by atoms with Crippen molar-refractivity contribution in [2.24, 2.45) is 0 Å². The molecule has 2 aromatic rings. The number of unbranched alkanes of at least 4 members (excludes halogenated alkanes) is 1. The Bertz CT molecular complexity index is 841. The molecule has 1 aromatic heterocycles. The number of nitrogens with one attached hydrogen (secondary N) is 2. The van der Waals surface area contributed by atoms with Gasteiger partial charge in [-0.15, -0.1) is 0 Å². The molecule has 0 saturated heterocycles. The molecule has 27 heavy (non-hydrogen) atoms. The van der Waals surface area contributed by atoms with Crippen LogP contribution in [0.15, 0.2) is 36.4 Å². The molecule has 9 heteroatoms. The van der Waals surface area contributed by atoms with Gasteiger partial charge in [0.05, 0.1) is 11.3 Å². The maximum atomic E-state index is 13.1. The van der Waals surface area contributed by atoms with Crippen LogP contribution in [0.3, 0.4) is 0 Å². The fourth-order valence-corrected chi connectivity index (χ4v) is 2.38. The Kier molecular flexibility index (Phi) is 6.79.